The number of aromatic nitrogens is 1. The number of aliphatic imine (C=N–C) groups is 1. The molecule has 0 bridgehead atoms. The third-order valence-corrected chi connectivity index (χ3v) is 6.58. The van der Waals surface area contributed by atoms with Crippen molar-refractivity contribution in [2.75, 3.05) is 50.8 Å². The summed E-state index contributed by atoms with van der Waals surface area (Å²) in [5.41, 5.74) is 7.32. The van der Waals surface area contributed by atoms with Crippen LogP contribution < -0.4 is 10.6 Å². The molecule has 1 aromatic heterocycles. The van der Waals surface area contributed by atoms with Gasteiger partial charge in [-0.05, 0) is 30.5 Å². The lowest BCUT2D eigenvalue weighted by atomic mass is 9.74. The van der Waals surface area contributed by atoms with Crippen molar-refractivity contribution in [3.05, 3.63) is 47.2 Å². The maximum Gasteiger partial charge on any atom is 0.191 e. The molecule has 2 aromatic rings. The number of piperazine rings is 1. The van der Waals surface area contributed by atoms with Crippen LogP contribution in [0.2, 0.25) is 0 Å². The van der Waals surface area contributed by atoms with Gasteiger partial charge in [0.2, 0.25) is 0 Å². The number of halogens is 1. The van der Waals surface area contributed by atoms with E-state index >= 15 is 0 Å². The Hall–Kier alpha value is -2.19. The molecule has 1 aromatic carbocycles. The SMILES string of the molecule is NC(=NCC1(c2ccc(F)cc2)CCOCC1)N1CCN(c2nccs2)CC1. The minimum atomic E-state index is -0.216. The van der Waals surface area contributed by atoms with Gasteiger partial charge in [-0.3, -0.25) is 4.99 Å². The van der Waals surface area contributed by atoms with Crippen LogP contribution in [0.3, 0.4) is 0 Å². The number of anilines is 1. The van der Waals surface area contributed by atoms with Crippen LogP contribution in [-0.4, -0.2) is 61.8 Å². The molecule has 150 valence electrons. The van der Waals surface area contributed by atoms with Crippen LogP contribution in [0, 0.1) is 5.82 Å². The van der Waals surface area contributed by atoms with Crippen molar-refractivity contribution in [3.8, 4) is 0 Å². The maximum absolute atomic E-state index is 13.4. The molecule has 2 fully saturated rings. The second kappa shape index (κ2) is 8.45. The molecule has 8 heteroatoms. The largest absolute Gasteiger partial charge is 0.381 e. The van der Waals surface area contributed by atoms with E-state index in [4.69, 9.17) is 15.5 Å². The second-order valence-corrected chi connectivity index (χ2v) is 8.24. The molecule has 2 N–H and O–H groups in total. The van der Waals surface area contributed by atoms with Crippen LogP contribution >= 0.6 is 11.3 Å². The standard InChI is InChI=1S/C20H26FN5OS/c21-17-3-1-16(2-4-17)20(5-12-27-13-6-20)15-24-18(22)25-8-10-26(11-9-25)19-23-7-14-28-19/h1-4,7,14H,5-6,8-13,15H2,(H2,22,24). The van der Waals surface area contributed by atoms with Gasteiger partial charge in [0.05, 0.1) is 6.54 Å². The zero-order chi connectivity index (χ0) is 19.4. The molecular weight excluding hydrogens is 377 g/mol. The number of guanidine groups is 1. The molecule has 6 nitrogen and oxygen atoms in total. The van der Waals surface area contributed by atoms with Crippen LogP contribution in [0.5, 0.6) is 0 Å². The molecule has 4 rings (SSSR count). The lowest BCUT2D eigenvalue weighted by molar-refractivity contribution is 0.0530. The number of nitrogens with zero attached hydrogens (tertiary/aromatic N) is 4. The van der Waals surface area contributed by atoms with Gasteiger partial charge in [0, 0.05) is 56.4 Å². The maximum atomic E-state index is 13.4. The van der Waals surface area contributed by atoms with Crippen molar-refractivity contribution in [2.24, 2.45) is 10.7 Å². The van der Waals surface area contributed by atoms with E-state index in [2.05, 4.69) is 14.8 Å². The number of hydrogen-bond donors (Lipinski definition) is 1. The minimum absolute atomic E-state index is 0.140. The Balaban J connectivity index is 1.43. The van der Waals surface area contributed by atoms with Crippen molar-refractivity contribution < 1.29 is 9.13 Å². The average Bonchev–Trinajstić information content (AvgIpc) is 3.28. The summed E-state index contributed by atoms with van der Waals surface area (Å²) < 4.78 is 18.9. The first-order valence-electron chi connectivity index (χ1n) is 9.69. The first-order chi connectivity index (χ1) is 13.7. The Labute approximate surface area is 168 Å². The lowest BCUT2D eigenvalue weighted by Crippen LogP contribution is -2.51. The van der Waals surface area contributed by atoms with Gasteiger partial charge in [-0.2, -0.15) is 0 Å². The lowest BCUT2D eigenvalue weighted by Gasteiger charge is -2.38. The molecule has 0 radical (unpaired) electrons. The monoisotopic (exact) mass is 403 g/mol. The topological polar surface area (TPSA) is 67.0 Å². The highest BCUT2D eigenvalue weighted by atomic mass is 32.1. The molecule has 0 aliphatic carbocycles. The number of hydrogen-bond acceptors (Lipinski definition) is 5. The highest BCUT2D eigenvalue weighted by molar-refractivity contribution is 7.13. The van der Waals surface area contributed by atoms with E-state index in [1.165, 1.54) is 12.1 Å². The van der Waals surface area contributed by atoms with Gasteiger partial charge in [-0.1, -0.05) is 12.1 Å². The fourth-order valence-electron chi connectivity index (χ4n) is 3.93. The van der Waals surface area contributed by atoms with Crippen LogP contribution in [0.1, 0.15) is 18.4 Å². The fourth-order valence-corrected chi connectivity index (χ4v) is 4.63. The molecule has 2 saturated heterocycles. The Kier molecular flexibility index (Phi) is 5.77. The van der Waals surface area contributed by atoms with E-state index in [0.717, 1.165) is 49.7 Å². The predicted molar refractivity (Wildman–Crippen MR) is 111 cm³/mol. The first-order valence-corrected chi connectivity index (χ1v) is 10.6. The number of thiazole rings is 1. The summed E-state index contributed by atoms with van der Waals surface area (Å²) in [5.74, 6) is 0.374. The molecular formula is C20H26FN5OS. The quantitative estimate of drug-likeness (QED) is 0.628. The third kappa shape index (κ3) is 4.12. The van der Waals surface area contributed by atoms with E-state index < -0.39 is 0 Å². The van der Waals surface area contributed by atoms with Gasteiger partial charge in [-0.25, -0.2) is 9.37 Å². The number of benzene rings is 1. The second-order valence-electron chi connectivity index (χ2n) is 7.36. The number of nitrogens with two attached hydrogens (primary N) is 1. The zero-order valence-corrected chi connectivity index (χ0v) is 16.7. The van der Waals surface area contributed by atoms with Crippen LogP contribution in [0.25, 0.3) is 0 Å². The van der Waals surface area contributed by atoms with Crippen molar-refractivity contribution in [3.63, 3.8) is 0 Å². The van der Waals surface area contributed by atoms with Crippen LogP contribution in [-0.2, 0) is 10.2 Å². The molecule has 28 heavy (non-hydrogen) atoms. The van der Waals surface area contributed by atoms with Crippen molar-refractivity contribution in [2.45, 2.75) is 18.3 Å². The summed E-state index contributed by atoms with van der Waals surface area (Å²) in [6.45, 7) is 5.43. The Bertz CT molecular complexity index is 781. The minimum Gasteiger partial charge on any atom is -0.381 e. The van der Waals surface area contributed by atoms with Crippen molar-refractivity contribution in [1.82, 2.24) is 9.88 Å². The molecule has 0 spiro atoms. The highest BCUT2D eigenvalue weighted by Gasteiger charge is 2.34. The summed E-state index contributed by atoms with van der Waals surface area (Å²) >= 11 is 1.66. The number of rotatable bonds is 4. The molecule has 2 aliphatic rings. The van der Waals surface area contributed by atoms with Crippen LogP contribution in [0.4, 0.5) is 9.52 Å². The Morgan fingerprint density at radius 3 is 2.54 bits per heavy atom. The van der Waals surface area contributed by atoms with Gasteiger partial charge in [-0.15, -0.1) is 11.3 Å². The molecule has 0 amide bonds. The molecule has 0 atom stereocenters. The smallest absolute Gasteiger partial charge is 0.191 e. The van der Waals surface area contributed by atoms with E-state index in [1.54, 1.807) is 11.3 Å². The summed E-state index contributed by atoms with van der Waals surface area (Å²) in [6, 6.07) is 6.80. The average molecular weight is 404 g/mol. The molecule has 0 saturated carbocycles. The van der Waals surface area contributed by atoms with Crippen LogP contribution in [0.15, 0.2) is 40.8 Å². The summed E-state index contributed by atoms with van der Waals surface area (Å²) in [5, 5.41) is 3.06. The summed E-state index contributed by atoms with van der Waals surface area (Å²) in [7, 11) is 0. The van der Waals surface area contributed by atoms with E-state index in [0.29, 0.717) is 25.7 Å². The predicted octanol–water partition coefficient (Wildman–Crippen LogP) is 2.47. The Morgan fingerprint density at radius 2 is 1.89 bits per heavy atom. The zero-order valence-electron chi connectivity index (χ0n) is 15.9. The number of ether oxygens (including phenoxy) is 1. The third-order valence-electron chi connectivity index (χ3n) is 5.74. The molecule has 2 aliphatic heterocycles. The van der Waals surface area contributed by atoms with Gasteiger partial charge in [0.1, 0.15) is 5.82 Å². The first kappa shape index (κ1) is 19.1. The molecule has 0 unspecified atom stereocenters. The van der Waals surface area contributed by atoms with E-state index in [-0.39, 0.29) is 11.2 Å². The summed E-state index contributed by atoms with van der Waals surface area (Å²) in [6.07, 6.45) is 3.57. The van der Waals surface area contributed by atoms with Crippen molar-refractivity contribution in [1.29, 1.82) is 0 Å². The van der Waals surface area contributed by atoms with Gasteiger partial charge >= 0.3 is 0 Å². The Morgan fingerprint density at radius 1 is 1.18 bits per heavy atom. The van der Waals surface area contributed by atoms with Gasteiger partial charge in [0.25, 0.3) is 0 Å². The highest BCUT2D eigenvalue weighted by Crippen LogP contribution is 2.35. The van der Waals surface area contributed by atoms with Gasteiger partial charge in [0.15, 0.2) is 11.1 Å². The molecule has 3 heterocycles. The van der Waals surface area contributed by atoms with E-state index in [9.17, 15) is 4.39 Å². The normalized spacial score (nSPS) is 20.4. The fraction of sp³-hybridized carbons (Fsp3) is 0.500. The summed E-state index contributed by atoms with van der Waals surface area (Å²) in [4.78, 5) is 13.6. The van der Waals surface area contributed by atoms with E-state index in [1.807, 2.05) is 23.7 Å². The van der Waals surface area contributed by atoms with Gasteiger partial charge < -0.3 is 20.3 Å². The van der Waals surface area contributed by atoms with Crippen molar-refractivity contribution >= 4 is 22.4 Å².